The molecule has 1 saturated carbocycles. The van der Waals surface area contributed by atoms with Crippen molar-refractivity contribution in [3.05, 3.63) is 24.2 Å². The fraction of sp³-hybridized carbons (Fsp3) is 0.667. The minimum absolute atomic E-state index is 0.302. The summed E-state index contributed by atoms with van der Waals surface area (Å²) in [6.45, 7) is 3.70. The summed E-state index contributed by atoms with van der Waals surface area (Å²) in [6, 6.07) is 4.59. The summed E-state index contributed by atoms with van der Waals surface area (Å²) in [6.07, 6.45) is 5.68. The molecule has 0 aliphatic heterocycles. The van der Waals surface area contributed by atoms with E-state index in [1.165, 1.54) is 12.8 Å². The van der Waals surface area contributed by atoms with E-state index in [1.54, 1.807) is 6.26 Å². The Morgan fingerprint density at radius 2 is 2.47 bits per heavy atom. The van der Waals surface area contributed by atoms with Crippen LogP contribution in [0.4, 0.5) is 0 Å². The Balaban J connectivity index is 1.65. The summed E-state index contributed by atoms with van der Waals surface area (Å²) in [5, 5.41) is 3.48. The molecule has 1 aliphatic rings. The average molecular weight is 209 g/mol. The lowest BCUT2D eigenvalue weighted by Crippen LogP contribution is -2.30. The molecule has 0 saturated heterocycles. The average Bonchev–Trinajstić information content (AvgIpc) is 2.94. The lowest BCUT2D eigenvalue weighted by atomic mass is 10.2. The van der Waals surface area contributed by atoms with Gasteiger partial charge in [-0.1, -0.05) is 6.92 Å². The van der Waals surface area contributed by atoms with Crippen molar-refractivity contribution in [1.82, 2.24) is 5.32 Å². The molecule has 0 radical (unpaired) electrons. The van der Waals surface area contributed by atoms with Gasteiger partial charge in [-0.05, 0) is 31.4 Å². The lowest BCUT2D eigenvalue weighted by Gasteiger charge is -2.15. The maximum atomic E-state index is 5.76. The van der Waals surface area contributed by atoms with Gasteiger partial charge in [-0.25, -0.2) is 0 Å². The predicted octanol–water partition coefficient (Wildman–Crippen LogP) is 2.33. The van der Waals surface area contributed by atoms with Crippen LogP contribution in [0, 0.1) is 0 Å². The molecule has 1 unspecified atom stereocenters. The van der Waals surface area contributed by atoms with Crippen LogP contribution in [0.5, 0.6) is 0 Å². The van der Waals surface area contributed by atoms with E-state index in [4.69, 9.17) is 9.15 Å². The summed E-state index contributed by atoms with van der Waals surface area (Å²) in [5.74, 6) is 0.903. The summed E-state index contributed by atoms with van der Waals surface area (Å²) in [7, 11) is 0. The Bertz CT molecular complexity index is 267. The molecule has 3 nitrogen and oxygen atoms in total. The van der Waals surface area contributed by atoms with Crippen molar-refractivity contribution < 1.29 is 9.15 Å². The van der Waals surface area contributed by atoms with Gasteiger partial charge in [-0.15, -0.1) is 0 Å². The number of hydrogen-bond donors (Lipinski definition) is 1. The molecule has 1 aromatic heterocycles. The second-order valence-electron chi connectivity index (χ2n) is 4.10. The highest BCUT2D eigenvalue weighted by Crippen LogP contribution is 2.18. The van der Waals surface area contributed by atoms with Gasteiger partial charge in [-0.2, -0.15) is 0 Å². The Morgan fingerprint density at radius 3 is 3.07 bits per heavy atom. The topological polar surface area (TPSA) is 34.4 Å². The second-order valence-corrected chi connectivity index (χ2v) is 4.10. The molecule has 1 aliphatic carbocycles. The predicted molar refractivity (Wildman–Crippen MR) is 58.6 cm³/mol. The van der Waals surface area contributed by atoms with Crippen molar-refractivity contribution in [2.75, 3.05) is 6.54 Å². The highest BCUT2D eigenvalue weighted by Gasteiger charge is 2.21. The smallest absolute Gasteiger partial charge is 0.129 e. The van der Waals surface area contributed by atoms with Crippen molar-refractivity contribution in [3.8, 4) is 0 Å². The van der Waals surface area contributed by atoms with Crippen LogP contribution in [0.2, 0.25) is 0 Å². The number of ether oxygens (including phenoxy) is 1. The molecule has 1 atom stereocenters. The Labute approximate surface area is 90.8 Å². The lowest BCUT2D eigenvalue weighted by molar-refractivity contribution is 0.0288. The zero-order chi connectivity index (χ0) is 10.5. The first-order chi connectivity index (χ1) is 7.38. The molecular formula is C12H19NO2. The molecule has 1 N–H and O–H groups in total. The van der Waals surface area contributed by atoms with E-state index >= 15 is 0 Å². The van der Waals surface area contributed by atoms with Gasteiger partial charge in [0.25, 0.3) is 0 Å². The van der Waals surface area contributed by atoms with Gasteiger partial charge >= 0.3 is 0 Å². The van der Waals surface area contributed by atoms with Crippen LogP contribution in [-0.4, -0.2) is 18.7 Å². The van der Waals surface area contributed by atoms with Crippen LogP contribution in [0.3, 0.4) is 0 Å². The highest BCUT2D eigenvalue weighted by molar-refractivity contribution is 4.96. The van der Waals surface area contributed by atoms with Crippen molar-refractivity contribution in [2.24, 2.45) is 0 Å². The number of furan rings is 1. The molecule has 1 aromatic rings. The van der Waals surface area contributed by atoms with E-state index in [1.807, 2.05) is 12.1 Å². The van der Waals surface area contributed by atoms with Gasteiger partial charge in [0.1, 0.15) is 12.4 Å². The van der Waals surface area contributed by atoms with Gasteiger partial charge in [0.2, 0.25) is 0 Å². The number of nitrogens with one attached hydrogen (secondary N) is 1. The minimum atomic E-state index is 0.302. The fourth-order valence-corrected chi connectivity index (χ4v) is 1.50. The second kappa shape index (κ2) is 5.33. The fourth-order valence-electron chi connectivity index (χ4n) is 1.50. The summed E-state index contributed by atoms with van der Waals surface area (Å²) in [4.78, 5) is 0. The third-order valence-electron chi connectivity index (χ3n) is 2.71. The molecule has 3 heteroatoms. The van der Waals surface area contributed by atoms with E-state index in [0.717, 1.165) is 24.8 Å². The van der Waals surface area contributed by atoms with E-state index in [0.29, 0.717) is 12.7 Å². The first-order valence-electron chi connectivity index (χ1n) is 5.76. The molecular weight excluding hydrogens is 190 g/mol. The summed E-state index contributed by atoms with van der Waals surface area (Å²) >= 11 is 0. The highest BCUT2D eigenvalue weighted by atomic mass is 16.5. The Kier molecular flexibility index (Phi) is 3.80. The zero-order valence-electron chi connectivity index (χ0n) is 9.24. The summed E-state index contributed by atoms with van der Waals surface area (Å²) < 4.78 is 11.0. The third-order valence-corrected chi connectivity index (χ3v) is 2.71. The normalized spacial score (nSPS) is 17.9. The Hall–Kier alpha value is -0.800. The summed E-state index contributed by atoms with van der Waals surface area (Å²) in [5.41, 5.74) is 0. The van der Waals surface area contributed by atoms with Crippen molar-refractivity contribution in [2.45, 2.75) is 44.9 Å². The van der Waals surface area contributed by atoms with Crippen molar-refractivity contribution >= 4 is 0 Å². The SMILES string of the molecule is CCC(CNC1CC1)OCc1ccco1. The van der Waals surface area contributed by atoms with E-state index in [9.17, 15) is 0 Å². The molecule has 2 rings (SSSR count). The van der Waals surface area contributed by atoms with Crippen LogP contribution in [-0.2, 0) is 11.3 Å². The zero-order valence-corrected chi connectivity index (χ0v) is 9.24. The van der Waals surface area contributed by atoms with Gasteiger partial charge in [0, 0.05) is 12.6 Å². The molecule has 0 bridgehead atoms. The maximum absolute atomic E-state index is 5.76. The first-order valence-corrected chi connectivity index (χ1v) is 5.76. The van der Waals surface area contributed by atoms with Gasteiger partial charge < -0.3 is 14.5 Å². The third kappa shape index (κ3) is 3.68. The molecule has 84 valence electrons. The van der Waals surface area contributed by atoms with Gasteiger partial charge in [0.05, 0.1) is 12.4 Å². The standard InChI is InChI=1S/C12H19NO2/c1-2-11(8-13-10-5-6-10)15-9-12-4-3-7-14-12/h3-4,7,10-11,13H,2,5-6,8-9H2,1H3. The van der Waals surface area contributed by atoms with Crippen LogP contribution >= 0.6 is 0 Å². The number of hydrogen-bond acceptors (Lipinski definition) is 3. The van der Waals surface area contributed by atoms with E-state index < -0.39 is 0 Å². The van der Waals surface area contributed by atoms with Gasteiger partial charge in [-0.3, -0.25) is 0 Å². The molecule has 0 amide bonds. The van der Waals surface area contributed by atoms with E-state index in [-0.39, 0.29) is 0 Å². The Morgan fingerprint density at radius 1 is 1.60 bits per heavy atom. The number of rotatable bonds is 7. The van der Waals surface area contributed by atoms with Crippen LogP contribution in [0.15, 0.2) is 22.8 Å². The molecule has 0 aromatic carbocycles. The van der Waals surface area contributed by atoms with Crippen molar-refractivity contribution in [3.63, 3.8) is 0 Å². The maximum Gasteiger partial charge on any atom is 0.129 e. The van der Waals surface area contributed by atoms with Crippen molar-refractivity contribution in [1.29, 1.82) is 0 Å². The molecule has 1 heterocycles. The molecule has 15 heavy (non-hydrogen) atoms. The van der Waals surface area contributed by atoms with E-state index in [2.05, 4.69) is 12.2 Å². The largest absolute Gasteiger partial charge is 0.467 e. The van der Waals surface area contributed by atoms with Crippen LogP contribution < -0.4 is 5.32 Å². The minimum Gasteiger partial charge on any atom is -0.467 e. The quantitative estimate of drug-likeness (QED) is 0.748. The van der Waals surface area contributed by atoms with Gasteiger partial charge in [0.15, 0.2) is 0 Å². The molecule has 0 spiro atoms. The molecule has 1 fully saturated rings. The monoisotopic (exact) mass is 209 g/mol. The van der Waals surface area contributed by atoms with Crippen LogP contribution in [0.25, 0.3) is 0 Å². The first kappa shape index (κ1) is 10.7. The van der Waals surface area contributed by atoms with Crippen LogP contribution in [0.1, 0.15) is 31.9 Å².